The van der Waals surface area contributed by atoms with Crippen molar-refractivity contribution in [2.75, 3.05) is 11.4 Å². The van der Waals surface area contributed by atoms with Crippen molar-refractivity contribution < 1.29 is 0 Å². The Morgan fingerprint density at radius 2 is 2.10 bits per heavy atom. The van der Waals surface area contributed by atoms with Crippen LogP contribution in [0.3, 0.4) is 0 Å². The zero-order valence-corrected chi connectivity index (χ0v) is 11.4. The van der Waals surface area contributed by atoms with Crippen molar-refractivity contribution in [2.24, 2.45) is 0 Å². The average Bonchev–Trinajstić information content (AvgIpc) is 2.89. The third kappa shape index (κ3) is 1.72. The Kier molecular flexibility index (Phi) is 2.57. The molecule has 0 saturated heterocycles. The summed E-state index contributed by atoms with van der Waals surface area (Å²) in [5.41, 5.74) is 3.33. The molecule has 0 unspecified atom stereocenters. The summed E-state index contributed by atoms with van der Waals surface area (Å²) in [7, 11) is 0. The molecule has 0 radical (unpaired) electrons. The van der Waals surface area contributed by atoms with Crippen LogP contribution in [0.25, 0.3) is 10.9 Å². The first kappa shape index (κ1) is 11.6. The van der Waals surface area contributed by atoms with Crippen molar-refractivity contribution in [2.45, 2.75) is 6.42 Å². The fourth-order valence-corrected chi connectivity index (χ4v) is 2.84. The molecule has 1 aliphatic heterocycles. The maximum atomic E-state index is 6.12. The molecule has 0 amide bonds. The van der Waals surface area contributed by atoms with Gasteiger partial charge in [-0.15, -0.1) is 0 Å². The molecule has 4 rings (SSSR count). The van der Waals surface area contributed by atoms with Crippen LogP contribution >= 0.6 is 11.6 Å². The van der Waals surface area contributed by atoms with Crippen LogP contribution < -0.4 is 4.90 Å². The number of anilines is 2. The number of hydrogen-bond acceptors (Lipinski definition) is 4. The minimum Gasteiger partial charge on any atom is -0.325 e. The number of halogens is 1. The smallest absolute Gasteiger partial charge is 0.145 e. The highest BCUT2D eigenvalue weighted by Crippen LogP contribution is 2.37. The highest BCUT2D eigenvalue weighted by atomic mass is 35.5. The fourth-order valence-electron chi connectivity index (χ4n) is 2.67. The third-order valence-corrected chi connectivity index (χ3v) is 3.85. The van der Waals surface area contributed by atoms with Crippen molar-refractivity contribution in [3.63, 3.8) is 0 Å². The predicted molar refractivity (Wildman–Crippen MR) is 79.5 cm³/mol. The Balaban J connectivity index is 1.92. The summed E-state index contributed by atoms with van der Waals surface area (Å²) in [5.74, 6) is 0.893. The summed E-state index contributed by atoms with van der Waals surface area (Å²) >= 11 is 6.12. The van der Waals surface area contributed by atoms with E-state index in [1.807, 2.05) is 24.4 Å². The zero-order valence-electron chi connectivity index (χ0n) is 10.6. The lowest BCUT2D eigenvalue weighted by molar-refractivity contribution is 0.974. The number of rotatable bonds is 1. The SMILES string of the molecule is Clc1ccc2c(c1)N(c1ncnc3ccncc13)CC2. The van der Waals surface area contributed by atoms with E-state index >= 15 is 0 Å². The van der Waals surface area contributed by atoms with E-state index < -0.39 is 0 Å². The molecule has 0 N–H and O–H groups in total. The van der Waals surface area contributed by atoms with Crippen molar-refractivity contribution in [3.8, 4) is 0 Å². The van der Waals surface area contributed by atoms with E-state index in [1.54, 1.807) is 12.5 Å². The lowest BCUT2D eigenvalue weighted by Gasteiger charge is -2.19. The van der Waals surface area contributed by atoms with Gasteiger partial charge in [0.2, 0.25) is 0 Å². The molecule has 0 saturated carbocycles. The van der Waals surface area contributed by atoms with Gasteiger partial charge in [-0.3, -0.25) is 4.98 Å². The van der Waals surface area contributed by atoms with Gasteiger partial charge in [-0.2, -0.15) is 0 Å². The minimum atomic E-state index is 0.743. The molecule has 0 bridgehead atoms. The lowest BCUT2D eigenvalue weighted by Crippen LogP contribution is -2.15. The number of pyridine rings is 1. The highest BCUT2D eigenvalue weighted by molar-refractivity contribution is 6.31. The second-order valence-electron chi connectivity index (χ2n) is 4.76. The minimum absolute atomic E-state index is 0.743. The van der Waals surface area contributed by atoms with Gasteiger partial charge < -0.3 is 4.90 Å². The molecule has 0 atom stereocenters. The van der Waals surface area contributed by atoms with Gasteiger partial charge in [0.15, 0.2) is 0 Å². The Morgan fingerprint density at radius 3 is 3.05 bits per heavy atom. The van der Waals surface area contributed by atoms with Crippen LogP contribution in [-0.2, 0) is 6.42 Å². The van der Waals surface area contributed by atoms with Crippen LogP contribution in [0.15, 0.2) is 43.0 Å². The van der Waals surface area contributed by atoms with Crippen LogP contribution in [0, 0.1) is 0 Å². The van der Waals surface area contributed by atoms with E-state index in [2.05, 4.69) is 25.9 Å². The summed E-state index contributed by atoms with van der Waals surface area (Å²) in [4.78, 5) is 15.1. The Bertz CT molecular complexity index is 797. The van der Waals surface area contributed by atoms with Crippen LogP contribution in [-0.4, -0.2) is 21.5 Å². The van der Waals surface area contributed by atoms with E-state index in [0.29, 0.717) is 0 Å². The van der Waals surface area contributed by atoms with E-state index in [1.165, 1.54) is 5.56 Å². The summed E-state index contributed by atoms with van der Waals surface area (Å²) in [5, 5.41) is 1.70. The van der Waals surface area contributed by atoms with Crippen molar-refractivity contribution in [1.29, 1.82) is 0 Å². The van der Waals surface area contributed by atoms with Crippen molar-refractivity contribution in [1.82, 2.24) is 15.0 Å². The molecule has 4 nitrogen and oxygen atoms in total. The molecule has 5 heteroatoms. The molecule has 0 spiro atoms. The number of aromatic nitrogens is 3. The van der Waals surface area contributed by atoms with Gasteiger partial charge in [-0.05, 0) is 30.2 Å². The number of fused-ring (bicyclic) bond motifs is 2. The second-order valence-corrected chi connectivity index (χ2v) is 5.20. The van der Waals surface area contributed by atoms with E-state index in [4.69, 9.17) is 11.6 Å². The molecular weight excluding hydrogens is 272 g/mol. The topological polar surface area (TPSA) is 41.9 Å². The number of hydrogen-bond donors (Lipinski definition) is 0. The first-order valence-corrected chi connectivity index (χ1v) is 6.81. The van der Waals surface area contributed by atoms with Gasteiger partial charge in [-0.25, -0.2) is 9.97 Å². The number of benzene rings is 1. The maximum Gasteiger partial charge on any atom is 0.145 e. The summed E-state index contributed by atoms with van der Waals surface area (Å²) < 4.78 is 0. The van der Waals surface area contributed by atoms with Crippen LogP contribution in [0.5, 0.6) is 0 Å². The monoisotopic (exact) mass is 282 g/mol. The Morgan fingerprint density at radius 1 is 1.15 bits per heavy atom. The molecule has 3 aromatic rings. The standard InChI is InChI=1S/C15H11ClN4/c16-11-2-1-10-4-6-20(14(10)7-11)15-12-8-17-5-3-13(12)18-9-19-15/h1-3,5,7-9H,4,6H2. The molecule has 1 aliphatic rings. The van der Waals surface area contributed by atoms with E-state index in [-0.39, 0.29) is 0 Å². The predicted octanol–water partition coefficient (Wildman–Crippen LogP) is 3.37. The summed E-state index contributed by atoms with van der Waals surface area (Å²) in [6.07, 6.45) is 6.15. The fraction of sp³-hybridized carbons (Fsp3) is 0.133. The Hall–Kier alpha value is -2.20. The zero-order chi connectivity index (χ0) is 13.5. The molecule has 20 heavy (non-hydrogen) atoms. The van der Waals surface area contributed by atoms with Crippen LogP contribution in [0.2, 0.25) is 5.02 Å². The van der Waals surface area contributed by atoms with Gasteiger partial charge >= 0.3 is 0 Å². The van der Waals surface area contributed by atoms with Gasteiger partial charge in [0.05, 0.1) is 10.9 Å². The quantitative estimate of drug-likeness (QED) is 0.686. The van der Waals surface area contributed by atoms with Crippen molar-refractivity contribution >= 4 is 34.0 Å². The largest absolute Gasteiger partial charge is 0.325 e. The molecular formula is C15H11ClN4. The van der Waals surface area contributed by atoms with Crippen LogP contribution in [0.1, 0.15) is 5.56 Å². The normalized spacial score (nSPS) is 13.8. The average molecular weight is 283 g/mol. The lowest BCUT2D eigenvalue weighted by atomic mass is 10.2. The molecule has 3 heterocycles. The van der Waals surface area contributed by atoms with E-state index in [0.717, 1.165) is 40.4 Å². The molecule has 98 valence electrons. The molecule has 0 aliphatic carbocycles. The van der Waals surface area contributed by atoms with Gasteiger partial charge in [0, 0.05) is 29.6 Å². The molecule has 0 fully saturated rings. The first-order chi connectivity index (χ1) is 9.83. The second kappa shape index (κ2) is 4.42. The van der Waals surface area contributed by atoms with Gasteiger partial charge in [-0.1, -0.05) is 17.7 Å². The third-order valence-electron chi connectivity index (χ3n) is 3.61. The van der Waals surface area contributed by atoms with Crippen LogP contribution in [0.4, 0.5) is 11.5 Å². The molecule has 2 aromatic heterocycles. The highest BCUT2D eigenvalue weighted by Gasteiger charge is 2.23. The summed E-state index contributed by atoms with van der Waals surface area (Å²) in [6, 6.07) is 7.91. The van der Waals surface area contributed by atoms with Gasteiger partial charge in [0.25, 0.3) is 0 Å². The summed E-state index contributed by atoms with van der Waals surface area (Å²) in [6.45, 7) is 0.899. The molecule has 1 aromatic carbocycles. The van der Waals surface area contributed by atoms with Crippen molar-refractivity contribution in [3.05, 3.63) is 53.6 Å². The first-order valence-electron chi connectivity index (χ1n) is 6.43. The Labute approximate surface area is 121 Å². The number of nitrogens with zero attached hydrogens (tertiary/aromatic N) is 4. The van der Waals surface area contributed by atoms with E-state index in [9.17, 15) is 0 Å². The maximum absolute atomic E-state index is 6.12. The van der Waals surface area contributed by atoms with Gasteiger partial charge in [0.1, 0.15) is 12.1 Å².